The molecule has 2 aliphatic carbocycles. The molecule has 2 saturated heterocycles. The average molecular weight is 732 g/mol. The zero-order valence-electron chi connectivity index (χ0n) is 29.1. The highest BCUT2D eigenvalue weighted by molar-refractivity contribution is 6.32. The standard InChI is InChI=1S/C41H35ClFN5O5/c1-41-31(38(51)48(40(41)53)26-16-19-33(43)32(42)20-26)21-30-27(36(41)28-6-4-5-7-34(28)49)17-18-29-35(30)39(52)47(37(29)50)25-14-10-23(11-15-25)45-44-22-8-12-24(13-9-22)46(2)3/h4-17,19-20,29-31,35-36,49H,18,21H2,1-3H3. The number of imide groups is 2. The minimum Gasteiger partial charge on any atom is -0.508 e. The SMILES string of the molecule is CN(C)c1ccc(N=Nc2ccc(N3C(=O)C4CC=C5C(CC6C(=O)N(c7ccc(F)c(Cl)c7)C(=O)C6(C)C5c5ccccc5O)C4C3=O)cc2)cc1. The Morgan fingerprint density at radius 1 is 0.811 bits per heavy atom. The van der Waals surface area contributed by atoms with E-state index >= 15 is 0 Å². The number of amides is 4. The van der Waals surface area contributed by atoms with Crippen molar-refractivity contribution in [1.82, 2.24) is 0 Å². The molecule has 0 spiro atoms. The molecule has 53 heavy (non-hydrogen) atoms. The second kappa shape index (κ2) is 12.8. The van der Waals surface area contributed by atoms with Crippen molar-refractivity contribution < 1.29 is 28.7 Å². The number of rotatable bonds is 6. The number of para-hydroxylation sites is 1. The van der Waals surface area contributed by atoms with Crippen LogP contribution in [0.4, 0.5) is 32.8 Å². The molecule has 4 amide bonds. The van der Waals surface area contributed by atoms with Gasteiger partial charge in [0.15, 0.2) is 0 Å². The number of halogens is 2. The summed E-state index contributed by atoms with van der Waals surface area (Å²) in [6, 6.07) is 24.7. The van der Waals surface area contributed by atoms with Crippen molar-refractivity contribution in [1.29, 1.82) is 0 Å². The van der Waals surface area contributed by atoms with Gasteiger partial charge in [-0.1, -0.05) is 41.4 Å². The number of carbonyl (C=O) groups is 4. The molecule has 3 fully saturated rings. The molecule has 0 radical (unpaired) electrons. The van der Waals surface area contributed by atoms with Gasteiger partial charge in [0, 0.05) is 31.3 Å². The molecule has 6 atom stereocenters. The number of anilines is 3. The minimum atomic E-state index is -1.37. The van der Waals surface area contributed by atoms with E-state index in [4.69, 9.17) is 11.6 Å². The fraction of sp³-hybridized carbons (Fsp3) is 0.268. The third-order valence-electron chi connectivity index (χ3n) is 11.4. The van der Waals surface area contributed by atoms with Gasteiger partial charge in [-0.2, -0.15) is 10.2 Å². The Hall–Kier alpha value is -5.68. The molecule has 1 N–H and O–H groups in total. The van der Waals surface area contributed by atoms with Gasteiger partial charge >= 0.3 is 0 Å². The zero-order chi connectivity index (χ0) is 37.3. The first-order chi connectivity index (χ1) is 25.4. The van der Waals surface area contributed by atoms with E-state index in [0.717, 1.165) is 22.2 Å². The molecule has 0 aromatic heterocycles. The molecule has 2 heterocycles. The van der Waals surface area contributed by atoms with Crippen molar-refractivity contribution in [2.75, 3.05) is 28.8 Å². The number of carbonyl (C=O) groups excluding carboxylic acids is 4. The molecule has 1 saturated carbocycles. The molecule has 4 aliphatic rings. The maximum absolute atomic E-state index is 14.5. The highest BCUT2D eigenvalue weighted by Crippen LogP contribution is 2.64. The normalized spacial score (nSPS) is 26.5. The van der Waals surface area contributed by atoms with Crippen LogP contribution in [-0.4, -0.2) is 42.8 Å². The lowest BCUT2D eigenvalue weighted by Crippen LogP contribution is -2.48. The summed E-state index contributed by atoms with van der Waals surface area (Å²) in [7, 11) is 3.91. The molecule has 2 aliphatic heterocycles. The molecule has 268 valence electrons. The Morgan fingerprint density at radius 2 is 1.45 bits per heavy atom. The lowest BCUT2D eigenvalue weighted by atomic mass is 9.51. The van der Waals surface area contributed by atoms with Crippen molar-refractivity contribution in [3.63, 3.8) is 0 Å². The first-order valence-corrected chi connectivity index (χ1v) is 17.8. The number of fused-ring (bicyclic) bond motifs is 4. The molecule has 0 bridgehead atoms. The Morgan fingerprint density at radius 3 is 2.09 bits per heavy atom. The first kappa shape index (κ1) is 34.4. The minimum absolute atomic E-state index is 0.0528. The fourth-order valence-electron chi connectivity index (χ4n) is 8.82. The van der Waals surface area contributed by atoms with Crippen LogP contribution in [0.2, 0.25) is 5.02 Å². The maximum Gasteiger partial charge on any atom is 0.241 e. The summed E-state index contributed by atoms with van der Waals surface area (Å²) in [6.45, 7) is 1.72. The van der Waals surface area contributed by atoms with E-state index in [2.05, 4.69) is 10.2 Å². The number of aromatic hydroxyl groups is 1. The smallest absolute Gasteiger partial charge is 0.241 e. The van der Waals surface area contributed by atoms with Gasteiger partial charge in [-0.25, -0.2) is 9.29 Å². The van der Waals surface area contributed by atoms with Crippen LogP contribution < -0.4 is 14.7 Å². The summed E-state index contributed by atoms with van der Waals surface area (Å²) < 4.78 is 14.1. The Labute approximate surface area is 310 Å². The van der Waals surface area contributed by atoms with E-state index in [-0.39, 0.29) is 41.1 Å². The van der Waals surface area contributed by atoms with E-state index in [9.17, 15) is 28.7 Å². The Bertz CT molecular complexity index is 2260. The zero-order valence-corrected chi connectivity index (χ0v) is 29.9. The van der Waals surface area contributed by atoms with Crippen LogP contribution in [0.25, 0.3) is 0 Å². The van der Waals surface area contributed by atoms with Crippen molar-refractivity contribution in [3.05, 3.63) is 119 Å². The molecular formula is C41H35ClFN5O5. The molecular weight excluding hydrogens is 697 g/mol. The van der Waals surface area contributed by atoms with Crippen LogP contribution in [-0.2, 0) is 19.2 Å². The molecule has 4 aromatic rings. The highest BCUT2D eigenvalue weighted by Gasteiger charge is 2.68. The van der Waals surface area contributed by atoms with Crippen LogP contribution in [0.15, 0.2) is 113 Å². The van der Waals surface area contributed by atoms with Crippen LogP contribution in [0.1, 0.15) is 31.2 Å². The van der Waals surface area contributed by atoms with Gasteiger partial charge in [-0.3, -0.25) is 24.1 Å². The lowest BCUT2D eigenvalue weighted by molar-refractivity contribution is -0.131. The third-order valence-corrected chi connectivity index (χ3v) is 11.7. The van der Waals surface area contributed by atoms with Crippen LogP contribution in [0.5, 0.6) is 5.75 Å². The van der Waals surface area contributed by atoms with E-state index in [1.54, 1.807) is 49.4 Å². The number of hydrogen-bond donors (Lipinski definition) is 1. The van der Waals surface area contributed by atoms with Gasteiger partial charge in [0.1, 0.15) is 11.6 Å². The van der Waals surface area contributed by atoms with Crippen LogP contribution >= 0.6 is 11.6 Å². The van der Waals surface area contributed by atoms with E-state index in [1.165, 1.54) is 23.1 Å². The average Bonchev–Trinajstić information content (AvgIpc) is 3.52. The first-order valence-electron chi connectivity index (χ1n) is 17.4. The maximum atomic E-state index is 14.5. The van der Waals surface area contributed by atoms with Gasteiger partial charge in [-0.15, -0.1) is 0 Å². The van der Waals surface area contributed by atoms with Crippen molar-refractivity contribution in [3.8, 4) is 5.75 Å². The fourth-order valence-corrected chi connectivity index (χ4v) is 8.99. The topological polar surface area (TPSA) is 123 Å². The summed E-state index contributed by atoms with van der Waals surface area (Å²) in [6.07, 6.45) is 2.30. The predicted molar refractivity (Wildman–Crippen MR) is 198 cm³/mol. The van der Waals surface area contributed by atoms with Crippen LogP contribution in [0.3, 0.4) is 0 Å². The molecule has 8 rings (SSSR count). The number of phenols is 1. The second-order valence-electron chi connectivity index (χ2n) is 14.5. The second-order valence-corrected chi connectivity index (χ2v) is 14.9. The summed E-state index contributed by atoms with van der Waals surface area (Å²) in [5.41, 5.74) is 2.61. The molecule has 12 heteroatoms. The Kier molecular flexibility index (Phi) is 8.29. The molecule has 4 aromatic carbocycles. The van der Waals surface area contributed by atoms with Crippen LogP contribution in [0, 0.1) is 34.9 Å². The van der Waals surface area contributed by atoms with Gasteiger partial charge in [-0.05, 0) is 98.5 Å². The summed E-state index contributed by atoms with van der Waals surface area (Å²) >= 11 is 6.09. The van der Waals surface area contributed by atoms with Crippen molar-refractivity contribution >= 4 is 63.7 Å². The summed E-state index contributed by atoms with van der Waals surface area (Å²) in [5.74, 6) is -6.21. The van der Waals surface area contributed by atoms with Gasteiger partial charge in [0.2, 0.25) is 23.6 Å². The van der Waals surface area contributed by atoms with Crippen molar-refractivity contribution in [2.45, 2.75) is 25.7 Å². The van der Waals surface area contributed by atoms with E-state index in [1.807, 2.05) is 49.3 Å². The number of hydrogen-bond acceptors (Lipinski definition) is 8. The van der Waals surface area contributed by atoms with Gasteiger partial charge in [0.25, 0.3) is 0 Å². The Balaban J connectivity index is 1.12. The predicted octanol–water partition coefficient (Wildman–Crippen LogP) is 8.10. The number of benzene rings is 4. The number of azo groups is 1. The molecule has 6 unspecified atom stereocenters. The number of allylic oxidation sites excluding steroid dienone is 2. The van der Waals surface area contributed by atoms with E-state index in [0.29, 0.717) is 22.6 Å². The molecule has 10 nitrogen and oxygen atoms in total. The lowest BCUT2D eigenvalue weighted by Gasteiger charge is -2.49. The summed E-state index contributed by atoms with van der Waals surface area (Å²) in [5, 5.41) is 19.6. The third kappa shape index (κ3) is 5.36. The number of phenolic OH excluding ortho intramolecular Hbond substituents is 1. The van der Waals surface area contributed by atoms with Crippen molar-refractivity contribution in [2.24, 2.45) is 39.3 Å². The summed E-state index contributed by atoms with van der Waals surface area (Å²) in [4.78, 5) is 61.6. The quantitative estimate of drug-likeness (QED) is 0.122. The van der Waals surface area contributed by atoms with Gasteiger partial charge in [0.05, 0.1) is 50.9 Å². The van der Waals surface area contributed by atoms with E-state index < -0.39 is 52.6 Å². The number of nitrogens with zero attached hydrogens (tertiary/aromatic N) is 5. The van der Waals surface area contributed by atoms with Gasteiger partial charge < -0.3 is 10.0 Å². The monoisotopic (exact) mass is 731 g/mol. The largest absolute Gasteiger partial charge is 0.508 e. The highest BCUT2D eigenvalue weighted by atomic mass is 35.5.